The van der Waals surface area contributed by atoms with Crippen LogP contribution in [0.15, 0.2) is 48.6 Å². The average Bonchev–Trinajstić information content (AvgIpc) is 3.23. The van der Waals surface area contributed by atoms with Gasteiger partial charge in [-0.25, -0.2) is 0 Å². The zero-order valence-electron chi connectivity index (χ0n) is 37.2. The fourth-order valence-electron chi connectivity index (χ4n) is 6.90. The van der Waals surface area contributed by atoms with Crippen molar-refractivity contribution in [2.75, 3.05) is 19.8 Å². The predicted molar refractivity (Wildman–Crippen MR) is 238 cm³/mol. The molecular formula is C49H86O10. The van der Waals surface area contributed by atoms with Gasteiger partial charge in [-0.3, -0.25) is 9.59 Å². The molecule has 1 aliphatic rings. The number of aliphatic hydroxyl groups is 4. The monoisotopic (exact) mass is 835 g/mol. The maximum absolute atomic E-state index is 12.8. The highest BCUT2D eigenvalue weighted by Crippen LogP contribution is 2.22. The Morgan fingerprint density at radius 2 is 0.966 bits per heavy atom. The summed E-state index contributed by atoms with van der Waals surface area (Å²) < 4.78 is 22.1. The summed E-state index contributed by atoms with van der Waals surface area (Å²) in [7, 11) is 0. The van der Waals surface area contributed by atoms with Crippen molar-refractivity contribution >= 4 is 11.9 Å². The Bertz CT molecular complexity index is 1100. The normalized spacial score (nSPS) is 20.4. The minimum absolute atomic E-state index is 0.209. The molecule has 1 fully saturated rings. The van der Waals surface area contributed by atoms with Crippen LogP contribution in [0.2, 0.25) is 0 Å². The molecule has 4 N–H and O–H groups in total. The van der Waals surface area contributed by atoms with Gasteiger partial charge in [0.2, 0.25) is 0 Å². The van der Waals surface area contributed by atoms with Crippen molar-refractivity contribution in [1.29, 1.82) is 0 Å². The molecule has 0 saturated carbocycles. The quantitative estimate of drug-likeness (QED) is 0.0267. The SMILES string of the molecule is CCCCC/C=C/C/C=C/CCCCCCCCCC(=O)O[C@@H](COC(=O)CCC/C=C/C/C=C/CCCCCCCCCCC)CO[C@H]1O[C@@H](CO)[C@@H](O)C(O)C1O. The van der Waals surface area contributed by atoms with E-state index < -0.39 is 55.4 Å². The van der Waals surface area contributed by atoms with E-state index in [0.717, 1.165) is 51.4 Å². The van der Waals surface area contributed by atoms with Gasteiger partial charge in [-0.1, -0.05) is 159 Å². The first-order valence-electron chi connectivity index (χ1n) is 23.7. The zero-order chi connectivity index (χ0) is 43.0. The Hall–Kier alpha value is -2.34. The fourth-order valence-corrected chi connectivity index (χ4v) is 6.90. The zero-order valence-corrected chi connectivity index (χ0v) is 37.2. The molecule has 1 heterocycles. The molecule has 1 saturated heterocycles. The molecule has 1 aliphatic heterocycles. The van der Waals surface area contributed by atoms with Crippen LogP contribution in [-0.4, -0.2) is 89.0 Å². The van der Waals surface area contributed by atoms with E-state index in [0.29, 0.717) is 12.8 Å². The van der Waals surface area contributed by atoms with Crippen LogP contribution in [0, 0.1) is 0 Å². The van der Waals surface area contributed by atoms with E-state index in [9.17, 15) is 30.0 Å². The van der Waals surface area contributed by atoms with Crippen molar-refractivity contribution < 1.29 is 49.0 Å². The van der Waals surface area contributed by atoms with Crippen molar-refractivity contribution in [2.45, 2.75) is 230 Å². The second-order valence-corrected chi connectivity index (χ2v) is 16.2. The van der Waals surface area contributed by atoms with Crippen molar-refractivity contribution in [3.05, 3.63) is 48.6 Å². The van der Waals surface area contributed by atoms with Gasteiger partial charge in [0.25, 0.3) is 0 Å². The predicted octanol–water partition coefficient (Wildman–Crippen LogP) is 10.4. The number of aliphatic hydroxyl groups excluding tert-OH is 4. The molecule has 0 radical (unpaired) electrons. The summed E-state index contributed by atoms with van der Waals surface area (Å²) in [4.78, 5) is 25.3. The molecule has 0 aliphatic carbocycles. The summed E-state index contributed by atoms with van der Waals surface area (Å²) in [5, 5.41) is 40.1. The molecule has 2 unspecified atom stereocenters. The molecule has 10 nitrogen and oxygen atoms in total. The highest BCUT2D eigenvalue weighted by atomic mass is 16.7. The maximum Gasteiger partial charge on any atom is 0.306 e. The summed E-state index contributed by atoms with van der Waals surface area (Å²) in [5.74, 6) is -0.868. The Morgan fingerprint density at radius 1 is 0.525 bits per heavy atom. The molecule has 0 aromatic carbocycles. The number of ether oxygens (including phenoxy) is 4. The number of carbonyl (C=O) groups is 2. The van der Waals surface area contributed by atoms with Crippen LogP contribution in [0.3, 0.4) is 0 Å². The van der Waals surface area contributed by atoms with Crippen molar-refractivity contribution in [1.82, 2.24) is 0 Å². The highest BCUT2D eigenvalue weighted by Gasteiger charge is 2.44. The first-order chi connectivity index (χ1) is 28.8. The Labute approximate surface area is 358 Å². The van der Waals surface area contributed by atoms with Gasteiger partial charge < -0.3 is 39.4 Å². The molecule has 0 aromatic rings. The smallest absolute Gasteiger partial charge is 0.306 e. The first-order valence-corrected chi connectivity index (χ1v) is 23.7. The standard InChI is InChI=1S/C49H86O10/c1-3-5-7-9-11-13-15-17-19-21-23-25-27-29-31-33-35-37-44(51)56-40-42(41-57-49-48(55)47(54)46(53)43(39-50)59-49)58-45(52)38-36-34-32-30-28-26-24-22-20-18-16-14-12-10-8-6-4-2/h12,14,18,20,23,25,29,31,42-43,46-50,53-55H,3-11,13,15-17,19,21-22,24,26-28,30,32-41H2,1-2H3/b14-12+,20-18+,25-23+,31-29+/t42-,43-,46+,47?,48?,49-/m0/s1. The minimum Gasteiger partial charge on any atom is -0.462 e. The minimum atomic E-state index is -1.60. The Balaban J connectivity index is 2.34. The van der Waals surface area contributed by atoms with Crippen LogP contribution in [0.5, 0.6) is 0 Å². The van der Waals surface area contributed by atoms with Crippen LogP contribution in [0.4, 0.5) is 0 Å². The first kappa shape index (κ1) is 54.7. The summed E-state index contributed by atoms with van der Waals surface area (Å²) in [6, 6.07) is 0. The Kier molecular flexibility index (Phi) is 36.9. The molecule has 10 heteroatoms. The van der Waals surface area contributed by atoms with Gasteiger partial charge in [0.05, 0.1) is 13.2 Å². The second kappa shape index (κ2) is 39.8. The number of carbonyl (C=O) groups excluding carboxylic acids is 2. The third-order valence-corrected chi connectivity index (χ3v) is 10.7. The number of unbranched alkanes of at least 4 members (excludes halogenated alkanes) is 20. The molecule has 0 aromatic heterocycles. The van der Waals surface area contributed by atoms with Crippen molar-refractivity contribution in [3.8, 4) is 0 Å². The largest absolute Gasteiger partial charge is 0.462 e. The molecule has 0 spiro atoms. The van der Waals surface area contributed by atoms with E-state index in [-0.39, 0.29) is 26.1 Å². The summed E-state index contributed by atoms with van der Waals surface area (Å²) in [6.45, 7) is 3.35. The van der Waals surface area contributed by atoms with E-state index in [1.165, 1.54) is 103 Å². The van der Waals surface area contributed by atoms with Gasteiger partial charge in [-0.2, -0.15) is 0 Å². The molecular weight excluding hydrogens is 749 g/mol. The fraction of sp³-hybridized carbons (Fsp3) is 0.796. The number of hydrogen-bond donors (Lipinski definition) is 4. The van der Waals surface area contributed by atoms with Gasteiger partial charge >= 0.3 is 11.9 Å². The average molecular weight is 835 g/mol. The van der Waals surface area contributed by atoms with Crippen LogP contribution in [-0.2, 0) is 28.5 Å². The molecule has 1 rings (SSSR count). The summed E-state index contributed by atoms with van der Waals surface area (Å²) >= 11 is 0. The van der Waals surface area contributed by atoms with E-state index >= 15 is 0 Å². The van der Waals surface area contributed by atoms with Crippen LogP contribution >= 0.6 is 0 Å². The van der Waals surface area contributed by atoms with Crippen LogP contribution < -0.4 is 0 Å². The van der Waals surface area contributed by atoms with E-state index in [1.807, 2.05) is 0 Å². The maximum atomic E-state index is 12.8. The lowest BCUT2D eigenvalue weighted by Crippen LogP contribution is -2.59. The van der Waals surface area contributed by atoms with Gasteiger partial charge in [0.1, 0.15) is 31.0 Å². The molecule has 59 heavy (non-hydrogen) atoms. The number of esters is 2. The number of hydrogen-bond acceptors (Lipinski definition) is 10. The van der Waals surface area contributed by atoms with Gasteiger partial charge in [0, 0.05) is 12.8 Å². The number of allylic oxidation sites excluding steroid dienone is 8. The molecule has 6 atom stereocenters. The van der Waals surface area contributed by atoms with E-state index in [2.05, 4.69) is 62.5 Å². The van der Waals surface area contributed by atoms with Gasteiger partial charge in [0.15, 0.2) is 12.4 Å². The van der Waals surface area contributed by atoms with E-state index in [1.54, 1.807) is 0 Å². The van der Waals surface area contributed by atoms with Crippen LogP contribution in [0.1, 0.15) is 194 Å². The second-order valence-electron chi connectivity index (χ2n) is 16.2. The van der Waals surface area contributed by atoms with Crippen LogP contribution in [0.25, 0.3) is 0 Å². The lowest BCUT2D eigenvalue weighted by molar-refractivity contribution is -0.305. The van der Waals surface area contributed by atoms with E-state index in [4.69, 9.17) is 18.9 Å². The topological polar surface area (TPSA) is 152 Å². The van der Waals surface area contributed by atoms with Gasteiger partial charge in [-0.15, -0.1) is 0 Å². The molecule has 342 valence electrons. The lowest BCUT2D eigenvalue weighted by Gasteiger charge is -2.39. The third kappa shape index (κ3) is 31.2. The summed E-state index contributed by atoms with van der Waals surface area (Å²) in [5.41, 5.74) is 0. The third-order valence-electron chi connectivity index (χ3n) is 10.7. The highest BCUT2D eigenvalue weighted by molar-refractivity contribution is 5.70. The number of rotatable bonds is 39. The van der Waals surface area contributed by atoms with Crippen molar-refractivity contribution in [2.24, 2.45) is 0 Å². The van der Waals surface area contributed by atoms with Crippen molar-refractivity contribution in [3.63, 3.8) is 0 Å². The lowest BCUT2D eigenvalue weighted by atomic mass is 9.99. The van der Waals surface area contributed by atoms with Gasteiger partial charge in [-0.05, 0) is 70.6 Å². The Morgan fingerprint density at radius 3 is 1.49 bits per heavy atom. The molecule has 0 bridgehead atoms. The molecule has 0 amide bonds. The summed E-state index contributed by atoms with van der Waals surface area (Å²) in [6.07, 6.45) is 39.8.